The van der Waals surface area contributed by atoms with Crippen LogP contribution in [0.5, 0.6) is 0 Å². The first-order chi connectivity index (χ1) is 15.8. The van der Waals surface area contributed by atoms with E-state index in [0.29, 0.717) is 11.4 Å². The highest BCUT2D eigenvalue weighted by atomic mass is 32.2. The largest absolute Gasteiger partial charge is 0.306 e. The van der Waals surface area contributed by atoms with E-state index < -0.39 is 15.8 Å². The number of aromatic amines is 1. The molecule has 0 spiro atoms. The minimum absolute atomic E-state index is 0.0372. The molecular formula is C22H18FN7O2S. The predicted octanol–water partition coefficient (Wildman–Crippen LogP) is 3.74. The number of sulfonamides is 1. The molecule has 2 aromatic carbocycles. The number of anilines is 1. The average Bonchev–Trinajstić information content (AvgIpc) is 3.46. The minimum atomic E-state index is -4.02. The Kier molecular flexibility index (Phi) is 4.90. The lowest BCUT2D eigenvalue weighted by atomic mass is 10.1. The minimum Gasteiger partial charge on any atom is -0.306 e. The third-order valence-corrected chi connectivity index (χ3v) is 6.65. The topological polar surface area (TPSA) is 118 Å². The molecule has 3 heterocycles. The zero-order valence-corrected chi connectivity index (χ0v) is 18.4. The molecule has 0 saturated heterocycles. The number of aryl methyl sites for hydroxylation is 2. The third kappa shape index (κ3) is 3.82. The fraction of sp³-hybridized carbons (Fsp3) is 0.0909. The van der Waals surface area contributed by atoms with Gasteiger partial charge >= 0.3 is 0 Å². The lowest BCUT2D eigenvalue weighted by Gasteiger charge is -2.12. The summed E-state index contributed by atoms with van der Waals surface area (Å²) >= 11 is 0. The number of nitrogens with one attached hydrogen (secondary N) is 2. The number of pyridine rings is 1. The van der Waals surface area contributed by atoms with Crippen molar-refractivity contribution in [2.75, 3.05) is 4.72 Å². The molecule has 11 heteroatoms. The first kappa shape index (κ1) is 20.8. The number of hydrogen-bond acceptors (Lipinski definition) is 6. The van der Waals surface area contributed by atoms with Gasteiger partial charge in [-0.1, -0.05) is 18.2 Å². The van der Waals surface area contributed by atoms with Crippen LogP contribution in [0.1, 0.15) is 11.1 Å². The van der Waals surface area contributed by atoms with Crippen LogP contribution in [0.2, 0.25) is 0 Å². The quantitative estimate of drug-likeness (QED) is 0.410. The smallest absolute Gasteiger partial charge is 0.261 e. The molecule has 2 N–H and O–H groups in total. The van der Waals surface area contributed by atoms with Gasteiger partial charge < -0.3 is 4.40 Å². The van der Waals surface area contributed by atoms with E-state index in [1.807, 2.05) is 48.0 Å². The number of fused-ring (bicyclic) bond motifs is 1. The Labute approximate surface area is 188 Å². The van der Waals surface area contributed by atoms with Crippen molar-refractivity contribution in [1.29, 1.82) is 0 Å². The molecule has 0 aliphatic carbocycles. The van der Waals surface area contributed by atoms with Crippen LogP contribution < -0.4 is 4.72 Å². The standard InChI is InChI=1S/C22H18FN7O2S/c1-13-5-6-15(20-12-30-9-3-4-14(2)22(30)24-20)10-19(13)27-33(31,32)16-7-8-18(23)17(11-16)21-25-28-29-26-21/h3-12,27H,1-2H3,(H,25,26,28,29). The van der Waals surface area contributed by atoms with E-state index in [4.69, 9.17) is 0 Å². The van der Waals surface area contributed by atoms with Crippen molar-refractivity contribution < 1.29 is 12.8 Å². The number of aromatic nitrogens is 6. The van der Waals surface area contributed by atoms with Gasteiger partial charge in [0.1, 0.15) is 11.5 Å². The van der Waals surface area contributed by atoms with Gasteiger partial charge in [0.05, 0.1) is 21.8 Å². The maximum atomic E-state index is 14.2. The van der Waals surface area contributed by atoms with E-state index in [0.717, 1.165) is 28.4 Å². The highest BCUT2D eigenvalue weighted by Gasteiger charge is 2.20. The van der Waals surface area contributed by atoms with Crippen molar-refractivity contribution in [3.63, 3.8) is 0 Å². The van der Waals surface area contributed by atoms with Gasteiger partial charge in [0.2, 0.25) is 5.82 Å². The van der Waals surface area contributed by atoms with Gasteiger partial charge in [-0.25, -0.2) is 17.8 Å². The molecule has 166 valence electrons. The molecule has 0 atom stereocenters. The zero-order valence-electron chi connectivity index (χ0n) is 17.6. The van der Waals surface area contributed by atoms with Crippen LogP contribution in [-0.4, -0.2) is 38.4 Å². The molecule has 9 nitrogen and oxygen atoms in total. The zero-order chi connectivity index (χ0) is 23.2. The number of H-pyrrole nitrogens is 1. The van der Waals surface area contributed by atoms with Gasteiger partial charge in [0, 0.05) is 18.0 Å². The van der Waals surface area contributed by atoms with Crippen molar-refractivity contribution in [3.05, 3.63) is 77.9 Å². The number of rotatable bonds is 5. The van der Waals surface area contributed by atoms with Crippen LogP contribution in [0.15, 0.2) is 65.8 Å². The molecule has 0 saturated carbocycles. The normalized spacial score (nSPS) is 11.7. The number of tetrazole rings is 1. The van der Waals surface area contributed by atoms with Crippen molar-refractivity contribution in [3.8, 4) is 22.6 Å². The number of hydrogen-bond donors (Lipinski definition) is 2. The maximum Gasteiger partial charge on any atom is 0.261 e. The summed E-state index contributed by atoms with van der Waals surface area (Å²) < 4.78 is 45.0. The van der Waals surface area contributed by atoms with Crippen LogP contribution >= 0.6 is 0 Å². The van der Waals surface area contributed by atoms with Crippen LogP contribution in [-0.2, 0) is 10.0 Å². The molecule has 0 amide bonds. The summed E-state index contributed by atoms with van der Waals surface area (Å²) in [5, 5.41) is 13.1. The fourth-order valence-corrected chi connectivity index (χ4v) is 4.65. The molecule has 0 aliphatic heterocycles. The second-order valence-electron chi connectivity index (χ2n) is 7.56. The summed E-state index contributed by atoms with van der Waals surface area (Å²) in [5.41, 5.74) is 4.38. The fourth-order valence-electron chi connectivity index (χ4n) is 3.51. The van der Waals surface area contributed by atoms with Gasteiger partial charge in [-0.2, -0.15) is 5.21 Å². The van der Waals surface area contributed by atoms with Gasteiger partial charge in [-0.3, -0.25) is 4.72 Å². The van der Waals surface area contributed by atoms with E-state index in [1.54, 1.807) is 13.0 Å². The molecule has 5 aromatic rings. The Morgan fingerprint density at radius 3 is 2.67 bits per heavy atom. The lowest BCUT2D eigenvalue weighted by Crippen LogP contribution is -2.14. The summed E-state index contributed by atoms with van der Waals surface area (Å²) in [6, 6.07) is 12.8. The summed E-state index contributed by atoms with van der Waals surface area (Å²) in [5.74, 6) is -0.694. The summed E-state index contributed by atoms with van der Waals surface area (Å²) in [7, 11) is -4.02. The van der Waals surface area contributed by atoms with Crippen molar-refractivity contribution in [2.45, 2.75) is 18.7 Å². The first-order valence-electron chi connectivity index (χ1n) is 9.93. The molecule has 0 unspecified atom stereocenters. The molecule has 5 rings (SSSR count). The molecule has 33 heavy (non-hydrogen) atoms. The van der Waals surface area contributed by atoms with E-state index >= 15 is 0 Å². The average molecular weight is 463 g/mol. The van der Waals surface area contributed by atoms with Crippen LogP contribution in [0.4, 0.5) is 10.1 Å². The van der Waals surface area contributed by atoms with Crippen LogP contribution in [0.3, 0.4) is 0 Å². The number of nitrogens with zero attached hydrogens (tertiary/aromatic N) is 5. The van der Waals surface area contributed by atoms with Gasteiger partial charge in [-0.15, -0.1) is 10.2 Å². The van der Waals surface area contributed by atoms with E-state index in [2.05, 4.69) is 30.3 Å². The maximum absolute atomic E-state index is 14.2. The Bertz CT molecular complexity index is 1590. The van der Waals surface area contributed by atoms with Gasteiger partial charge in [0.25, 0.3) is 10.0 Å². The molecule has 0 radical (unpaired) electrons. The second-order valence-corrected chi connectivity index (χ2v) is 9.24. The van der Waals surface area contributed by atoms with E-state index in [9.17, 15) is 12.8 Å². The lowest BCUT2D eigenvalue weighted by molar-refractivity contribution is 0.600. The Hall–Kier alpha value is -4.12. The summed E-state index contributed by atoms with van der Waals surface area (Å²) in [6.45, 7) is 3.78. The van der Waals surface area contributed by atoms with Gasteiger partial charge in [0.15, 0.2) is 0 Å². The van der Waals surface area contributed by atoms with E-state index in [-0.39, 0.29) is 16.3 Å². The predicted molar refractivity (Wildman–Crippen MR) is 120 cm³/mol. The molecule has 0 aliphatic rings. The SMILES string of the molecule is Cc1ccc(-c2cn3cccc(C)c3n2)cc1NS(=O)(=O)c1ccc(F)c(-c2nn[nH]n2)c1. The van der Waals surface area contributed by atoms with Crippen molar-refractivity contribution in [2.24, 2.45) is 0 Å². The Morgan fingerprint density at radius 1 is 1.06 bits per heavy atom. The number of imidazole rings is 1. The van der Waals surface area contributed by atoms with Crippen LogP contribution in [0.25, 0.3) is 28.3 Å². The second kappa shape index (κ2) is 7.78. The molecule has 0 bridgehead atoms. The third-order valence-electron chi connectivity index (χ3n) is 5.29. The first-order valence-corrected chi connectivity index (χ1v) is 11.4. The summed E-state index contributed by atoms with van der Waals surface area (Å²) in [4.78, 5) is 4.55. The van der Waals surface area contributed by atoms with Crippen molar-refractivity contribution >= 4 is 21.4 Å². The molecule has 3 aromatic heterocycles. The number of halogens is 1. The number of benzene rings is 2. The molecular weight excluding hydrogens is 445 g/mol. The Balaban J connectivity index is 1.51. The summed E-state index contributed by atoms with van der Waals surface area (Å²) in [6.07, 6.45) is 3.80. The highest BCUT2D eigenvalue weighted by Crippen LogP contribution is 2.29. The van der Waals surface area contributed by atoms with Crippen molar-refractivity contribution in [1.82, 2.24) is 30.0 Å². The van der Waals surface area contributed by atoms with Gasteiger partial charge in [-0.05, 0) is 60.5 Å². The molecule has 0 fully saturated rings. The van der Waals surface area contributed by atoms with E-state index in [1.165, 1.54) is 12.1 Å². The highest BCUT2D eigenvalue weighted by molar-refractivity contribution is 7.92. The monoisotopic (exact) mass is 463 g/mol. The van der Waals surface area contributed by atoms with Crippen LogP contribution in [0, 0.1) is 19.7 Å². The Morgan fingerprint density at radius 2 is 1.91 bits per heavy atom.